The van der Waals surface area contributed by atoms with E-state index in [1.807, 2.05) is 0 Å². The summed E-state index contributed by atoms with van der Waals surface area (Å²) in [5.74, 6) is 0. The molecule has 1 aliphatic rings. The second kappa shape index (κ2) is 1.38. The first kappa shape index (κ1) is 3.12. The van der Waals surface area contributed by atoms with Crippen LogP contribution in [0, 0.1) is 6.61 Å². The van der Waals surface area contributed by atoms with Crippen molar-refractivity contribution >= 4 is 0 Å². The van der Waals surface area contributed by atoms with Gasteiger partial charge in [-0.1, -0.05) is 0 Å². The van der Waals surface area contributed by atoms with Crippen LogP contribution in [0.15, 0.2) is 0 Å². The number of hydrogen-bond acceptors (Lipinski definition) is 2. The molecular weight excluding hydrogens is 68.0 g/mol. The lowest BCUT2D eigenvalue weighted by Gasteiger charge is -1.77. The van der Waals surface area contributed by atoms with Gasteiger partial charge in [0.05, 0.1) is 6.61 Å². The minimum Gasteiger partial charge on any atom is -0.236 e. The normalized spacial score (nSPS) is 24.0. The molecule has 0 amide bonds. The third kappa shape index (κ3) is 0.597. The zero-order chi connectivity index (χ0) is 3.54. The maximum absolute atomic E-state index is 4.39. The molecule has 29 valence electrons. The smallest absolute Gasteiger partial charge is 0.125 e. The van der Waals surface area contributed by atoms with E-state index >= 15 is 0 Å². The molecular formula is C3H5O2. The third-order valence-corrected chi connectivity index (χ3v) is 0.455. The van der Waals surface area contributed by atoms with Crippen LogP contribution in [-0.4, -0.2) is 6.61 Å². The van der Waals surface area contributed by atoms with Gasteiger partial charge in [0, 0.05) is 6.42 Å². The van der Waals surface area contributed by atoms with Crippen molar-refractivity contribution < 1.29 is 9.78 Å². The quantitative estimate of drug-likeness (QED) is 0.389. The van der Waals surface area contributed by atoms with E-state index in [1.54, 1.807) is 6.61 Å². The second-order valence-electron chi connectivity index (χ2n) is 0.874. The Morgan fingerprint density at radius 3 is 2.80 bits per heavy atom. The van der Waals surface area contributed by atoms with Gasteiger partial charge in [-0.15, -0.1) is 0 Å². The summed E-state index contributed by atoms with van der Waals surface area (Å²) in [5, 5.41) is 0. The first-order valence-electron chi connectivity index (χ1n) is 1.60. The van der Waals surface area contributed by atoms with Crippen LogP contribution in [0.25, 0.3) is 0 Å². The summed E-state index contributed by atoms with van der Waals surface area (Å²) in [7, 11) is 0. The van der Waals surface area contributed by atoms with Gasteiger partial charge in [0.25, 0.3) is 0 Å². The van der Waals surface area contributed by atoms with Crippen LogP contribution in [-0.2, 0) is 9.78 Å². The van der Waals surface area contributed by atoms with Gasteiger partial charge < -0.3 is 0 Å². The SMILES string of the molecule is [CH]1CCOO1. The van der Waals surface area contributed by atoms with E-state index in [4.69, 9.17) is 0 Å². The lowest BCUT2D eigenvalue weighted by atomic mass is 10.5. The fourth-order valence-electron chi connectivity index (χ4n) is 0.241. The summed E-state index contributed by atoms with van der Waals surface area (Å²) in [4.78, 5) is 8.71. The molecule has 0 unspecified atom stereocenters. The Morgan fingerprint density at radius 2 is 2.60 bits per heavy atom. The van der Waals surface area contributed by atoms with E-state index in [0.717, 1.165) is 13.0 Å². The van der Waals surface area contributed by atoms with Crippen molar-refractivity contribution in [2.24, 2.45) is 0 Å². The summed E-state index contributed by atoms with van der Waals surface area (Å²) in [6, 6.07) is 0. The first-order chi connectivity index (χ1) is 2.50. The Balaban J connectivity index is 2.08. The summed E-state index contributed by atoms with van der Waals surface area (Å²) in [6.07, 6.45) is 0.931. The van der Waals surface area contributed by atoms with Crippen LogP contribution >= 0.6 is 0 Å². The Hall–Kier alpha value is -0.0800. The molecule has 2 nitrogen and oxygen atoms in total. The van der Waals surface area contributed by atoms with Gasteiger partial charge in [-0.3, -0.25) is 0 Å². The lowest BCUT2D eigenvalue weighted by molar-refractivity contribution is -0.227. The van der Waals surface area contributed by atoms with E-state index in [1.165, 1.54) is 0 Å². The van der Waals surface area contributed by atoms with E-state index in [0.29, 0.717) is 0 Å². The molecule has 0 aromatic rings. The highest BCUT2D eigenvalue weighted by atomic mass is 17.2. The van der Waals surface area contributed by atoms with Crippen LogP contribution in [0.3, 0.4) is 0 Å². The highest BCUT2D eigenvalue weighted by Gasteiger charge is 1.96. The predicted octanol–water partition coefficient (Wildman–Crippen LogP) is 0.500. The van der Waals surface area contributed by atoms with E-state index < -0.39 is 0 Å². The first-order valence-corrected chi connectivity index (χ1v) is 1.60. The van der Waals surface area contributed by atoms with Crippen molar-refractivity contribution in [1.82, 2.24) is 0 Å². The highest BCUT2D eigenvalue weighted by molar-refractivity contribution is 4.48. The maximum Gasteiger partial charge on any atom is 0.125 e. The molecule has 0 atom stereocenters. The van der Waals surface area contributed by atoms with Crippen molar-refractivity contribution in [2.45, 2.75) is 6.42 Å². The van der Waals surface area contributed by atoms with Crippen molar-refractivity contribution in [3.05, 3.63) is 6.61 Å². The third-order valence-electron chi connectivity index (χ3n) is 0.455. The topological polar surface area (TPSA) is 18.5 Å². The monoisotopic (exact) mass is 73.0 g/mol. The summed E-state index contributed by atoms with van der Waals surface area (Å²) in [5.41, 5.74) is 0. The molecule has 1 rings (SSSR count). The molecule has 0 saturated carbocycles. The molecule has 1 saturated heterocycles. The van der Waals surface area contributed by atoms with Crippen LogP contribution in [0.1, 0.15) is 6.42 Å². The summed E-state index contributed by atoms with van der Waals surface area (Å²) in [6.45, 7) is 2.36. The highest BCUT2D eigenvalue weighted by Crippen LogP contribution is 1.99. The van der Waals surface area contributed by atoms with E-state index in [-0.39, 0.29) is 0 Å². The minimum atomic E-state index is 0.722. The van der Waals surface area contributed by atoms with Gasteiger partial charge >= 0.3 is 0 Å². The molecule has 1 heterocycles. The summed E-state index contributed by atoms with van der Waals surface area (Å²) >= 11 is 0. The average molecular weight is 73.1 g/mol. The van der Waals surface area contributed by atoms with Gasteiger partial charge in [-0.25, -0.2) is 9.78 Å². The van der Waals surface area contributed by atoms with Crippen LogP contribution in [0.4, 0.5) is 0 Å². The molecule has 0 aliphatic carbocycles. The van der Waals surface area contributed by atoms with Crippen molar-refractivity contribution in [3.63, 3.8) is 0 Å². The van der Waals surface area contributed by atoms with E-state index in [9.17, 15) is 0 Å². The molecule has 0 aromatic carbocycles. The number of hydrogen-bond donors (Lipinski definition) is 0. The van der Waals surface area contributed by atoms with Gasteiger partial charge in [0.15, 0.2) is 0 Å². The Kier molecular flexibility index (Phi) is 0.862. The van der Waals surface area contributed by atoms with Gasteiger partial charge in [0.1, 0.15) is 6.61 Å². The van der Waals surface area contributed by atoms with Crippen LogP contribution in [0.5, 0.6) is 0 Å². The molecule has 1 aliphatic heterocycles. The molecule has 0 bridgehead atoms. The zero-order valence-corrected chi connectivity index (χ0v) is 2.81. The second-order valence-corrected chi connectivity index (χ2v) is 0.874. The van der Waals surface area contributed by atoms with Crippen molar-refractivity contribution in [1.29, 1.82) is 0 Å². The standard InChI is InChI=1S/C3H5O2/c1-2-4-5-3-1/h2H,1,3H2. The minimum absolute atomic E-state index is 0.722. The molecule has 1 radical (unpaired) electrons. The van der Waals surface area contributed by atoms with Gasteiger partial charge in [-0.2, -0.15) is 0 Å². The average Bonchev–Trinajstić information content (AvgIpc) is 1.76. The lowest BCUT2D eigenvalue weighted by Crippen LogP contribution is -1.71. The Morgan fingerprint density at radius 1 is 1.60 bits per heavy atom. The van der Waals surface area contributed by atoms with E-state index in [2.05, 4.69) is 9.78 Å². The predicted molar refractivity (Wildman–Crippen MR) is 16.0 cm³/mol. The Labute approximate surface area is 30.6 Å². The molecule has 0 aromatic heterocycles. The van der Waals surface area contributed by atoms with Crippen molar-refractivity contribution in [3.8, 4) is 0 Å². The largest absolute Gasteiger partial charge is 0.236 e. The molecule has 1 fully saturated rings. The fraction of sp³-hybridized carbons (Fsp3) is 0.667. The zero-order valence-electron chi connectivity index (χ0n) is 2.81. The maximum atomic E-state index is 4.39. The van der Waals surface area contributed by atoms with Gasteiger partial charge in [0.2, 0.25) is 0 Å². The summed E-state index contributed by atoms with van der Waals surface area (Å²) < 4.78 is 0. The molecule has 5 heavy (non-hydrogen) atoms. The fourth-order valence-corrected chi connectivity index (χ4v) is 0.241. The van der Waals surface area contributed by atoms with Gasteiger partial charge in [-0.05, 0) is 0 Å². The number of rotatable bonds is 0. The Bertz CT molecular complexity index is 16.5. The molecule has 0 N–H and O–H groups in total. The molecule has 2 heteroatoms. The van der Waals surface area contributed by atoms with Crippen LogP contribution < -0.4 is 0 Å². The molecule has 0 spiro atoms. The van der Waals surface area contributed by atoms with Crippen molar-refractivity contribution in [2.75, 3.05) is 6.61 Å². The van der Waals surface area contributed by atoms with Crippen LogP contribution in [0.2, 0.25) is 0 Å².